The first kappa shape index (κ1) is 15.8. The van der Waals surface area contributed by atoms with Gasteiger partial charge in [0.15, 0.2) is 5.16 Å². The SMILES string of the molecule is CSc1nc(-c2cc(Cl)cc(I)c2Br)c(C#N)c(=O)[nH]1. The maximum Gasteiger partial charge on any atom is 0.270 e. The summed E-state index contributed by atoms with van der Waals surface area (Å²) in [6, 6.07) is 5.36. The van der Waals surface area contributed by atoms with Gasteiger partial charge in [0.25, 0.3) is 5.56 Å². The van der Waals surface area contributed by atoms with Gasteiger partial charge in [0.2, 0.25) is 0 Å². The van der Waals surface area contributed by atoms with Gasteiger partial charge < -0.3 is 4.98 Å². The van der Waals surface area contributed by atoms with E-state index in [0.29, 0.717) is 21.4 Å². The van der Waals surface area contributed by atoms with Crippen LogP contribution in [0.3, 0.4) is 0 Å². The molecule has 2 rings (SSSR count). The van der Waals surface area contributed by atoms with E-state index in [9.17, 15) is 10.1 Å². The normalized spacial score (nSPS) is 10.3. The number of thioether (sulfide) groups is 1. The number of hydrogen-bond acceptors (Lipinski definition) is 4. The van der Waals surface area contributed by atoms with Crippen LogP contribution in [-0.4, -0.2) is 16.2 Å². The summed E-state index contributed by atoms with van der Waals surface area (Å²) in [5.41, 5.74) is 0.470. The van der Waals surface area contributed by atoms with Crippen molar-refractivity contribution in [1.29, 1.82) is 5.26 Å². The number of hydrogen-bond donors (Lipinski definition) is 1. The molecule has 1 aromatic heterocycles. The fourth-order valence-corrected chi connectivity index (χ4v) is 3.40. The number of nitrogens with one attached hydrogen (secondary N) is 1. The minimum absolute atomic E-state index is 0.0263. The molecule has 4 nitrogen and oxygen atoms in total. The summed E-state index contributed by atoms with van der Waals surface area (Å²) in [5.74, 6) is 0. The molecule has 0 saturated heterocycles. The van der Waals surface area contributed by atoms with E-state index in [2.05, 4.69) is 48.5 Å². The fourth-order valence-electron chi connectivity index (χ4n) is 1.58. The minimum atomic E-state index is -0.455. The second-order valence-corrected chi connectivity index (χ2v) is 6.85. The van der Waals surface area contributed by atoms with E-state index in [4.69, 9.17) is 11.6 Å². The highest BCUT2D eigenvalue weighted by Crippen LogP contribution is 2.35. The Hall–Kier alpha value is -0.560. The van der Waals surface area contributed by atoms with Gasteiger partial charge in [0.1, 0.15) is 11.6 Å². The van der Waals surface area contributed by atoms with E-state index < -0.39 is 5.56 Å². The Morgan fingerprint density at radius 1 is 1.55 bits per heavy atom. The number of nitriles is 1. The zero-order valence-electron chi connectivity index (χ0n) is 10.00. The molecule has 0 saturated carbocycles. The predicted octanol–water partition coefficient (Wildman–Crippen LogP) is 4.05. The monoisotopic (exact) mass is 481 g/mol. The first-order valence-corrected chi connectivity index (χ1v) is 8.68. The van der Waals surface area contributed by atoms with Crippen molar-refractivity contribution in [2.75, 3.05) is 6.26 Å². The topological polar surface area (TPSA) is 69.5 Å². The van der Waals surface area contributed by atoms with E-state index in [-0.39, 0.29) is 5.56 Å². The van der Waals surface area contributed by atoms with Crippen LogP contribution in [-0.2, 0) is 0 Å². The van der Waals surface area contributed by atoms with Gasteiger partial charge >= 0.3 is 0 Å². The van der Waals surface area contributed by atoms with Crippen molar-refractivity contribution >= 4 is 61.9 Å². The lowest BCUT2D eigenvalue weighted by atomic mass is 10.1. The first-order chi connectivity index (χ1) is 9.47. The Morgan fingerprint density at radius 3 is 2.85 bits per heavy atom. The number of aromatic nitrogens is 2. The highest BCUT2D eigenvalue weighted by atomic mass is 127. The average molecular weight is 483 g/mol. The van der Waals surface area contributed by atoms with E-state index in [1.807, 2.05) is 6.07 Å². The third kappa shape index (κ3) is 3.03. The lowest BCUT2D eigenvalue weighted by molar-refractivity contribution is 0.937. The number of rotatable bonds is 2. The van der Waals surface area contributed by atoms with Gasteiger partial charge in [-0.3, -0.25) is 4.79 Å². The fraction of sp³-hybridized carbons (Fsp3) is 0.0833. The molecule has 1 aromatic carbocycles. The van der Waals surface area contributed by atoms with Gasteiger partial charge in [-0.05, 0) is 56.9 Å². The van der Waals surface area contributed by atoms with Crippen molar-refractivity contribution in [3.63, 3.8) is 0 Å². The number of H-pyrrole nitrogens is 1. The van der Waals surface area contributed by atoms with Gasteiger partial charge in [-0.15, -0.1) is 0 Å². The van der Waals surface area contributed by atoms with Crippen LogP contribution >= 0.6 is 61.9 Å². The Labute approximate surface area is 146 Å². The largest absolute Gasteiger partial charge is 0.300 e. The van der Waals surface area contributed by atoms with Gasteiger partial charge in [-0.2, -0.15) is 5.26 Å². The van der Waals surface area contributed by atoms with Crippen LogP contribution in [0.5, 0.6) is 0 Å². The van der Waals surface area contributed by atoms with Crippen molar-refractivity contribution < 1.29 is 0 Å². The van der Waals surface area contributed by atoms with E-state index in [1.165, 1.54) is 11.8 Å². The zero-order valence-corrected chi connectivity index (χ0v) is 15.3. The molecule has 102 valence electrons. The molecule has 1 N–H and O–H groups in total. The predicted molar refractivity (Wildman–Crippen MR) is 92.2 cm³/mol. The van der Waals surface area contributed by atoms with Crippen molar-refractivity contribution in [3.8, 4) is 17.3 Å². The van der Waals surface area contributed by atoms with Crippen LogP contribution in [0.25, 0.3) is 11.3 Å². The lowest BCUT2D eigenvalue weighted by Crippen LogP contribution is -2.14. The van der Waals surface area contributed by atoms with E-state index in [1.54, 1.807) is 18.4 Å². The standard InChI is InChI=1S/C12H6BrClIN3OS/c1-20-12-17-10(7(4-16)11(19)18-12)6-2-5(14)3-8(15)9(6)13/h2-3H,1H3,(H,17,18,19). The average Bonchev–Trinajstić information content (AvgIpc) is 2.41. The second kappa shape index (κ2) is 6.47. The number of aromatic amines is 1. The summed E-state index contributed by atoms with van der Waals surface area (Å²) < 4.78 is 1.63. The molecule has 0 radical (unpaired) electrons. The molecule has 0 aliphatic heterocycles. The maximum absolute atomic E-state index is 11.9. The number of benzene rings is 1. The summed E-state index contributed by atoms with van der Waals surface area (Å²) in [5, 5.41) is 10.2. The van der Waals surface area contributed by atoms with E-state index in [0.717, 1.165) is 8.04 Å². The molecule has 0 atom stereocenters. The molecule has 2 aromatic rings. The smallest absolute Gasteiger partial charge is 0.270 e. The Morgan fingerprint density at radius 2 is 2.25 bits per heavy atom. The number of nitrogens with zero attached hydrogens (tertiary/aromatic N) is 2. The number of halogens is 3. The second-order valence-electron chi connectivity index (χ2n) is 3.66. The molecule has 0 fully saturated rings. The molecule has 0 aliphatic carbocycles. The van der Waals surface area contributed by atoms with E-state index >= 15 is 0 Å². The zero-order chi connectivity index (χ0) is 14.9. The lowest BCUT2D eigenvalue weighted by Gasteiger charge is -2.09. The molecule has 0 spiro atoms. The van der Waals surface area contributed by atoms with Crippen LogP contribution < -0.4 is 5.56 Å². The Bertz CT molecular complexity index is 787. The van der Waals surface area contributed by atoms with Crippen LogP contribution in [0.2, 0.25) is 5.02 Å². The summed E-state index contributed by atoms with van der Waals surface area (Å²) in [6.07, 6.45) is 1.80. The molecule has 0 amide bonds. The molecular weight excluding hydrogens is 476 g/mol. The van der Waals surface area contributed by atoms with Crippen molar-refractivity contribution in [1.82, 2.24) is 9.97 Å². The van der Waals surface area contributed by atoms with Crippen LogP contribution in [0, 0.1) is 14.9 Å². The van der Waals surface area contributed by atoms with Gasteiger partial charge in [0, 0.05) is 18.6 Å². The molecular formula is C12H6BrClIN3OS. The van der Waals surface area contributed by atoms with Gasteiger partial charge in [-0.1, -0.05) is 23.4 Å². The summed E-state index contributed by atoms with van der Waals surface area (Å²) in [7, 11) is 0. The summed E-state index contributed by atoms with van der Waals surface area (Å²) >= 11 is 12.9. The maximum atomic E-state index is 11.9. The Kier molecular flexibility index (Phi) is 5.12. The minimum Gasteiger partial charge on any atom is -0.300 e. The molecule has 0 bridgehead atoms. The molecule has 1 heterocycles. The highest BCUT2D eigenvalue weighted by molar-refractivity contribution is 14.1. The van der Waals surface area contributed by atoms with Gasteiger partial charge in [0.05, 0.1) is 5.69 Å². The molecule has 20 heavy (non-hydrogen) atoms. The Balaban J connectivity index is 2.85. The highest BCUT2D eigenvalue weighted by Gasteiger charge is 2.17. The molecule has 0 unspecified atom stereocenters. The molecule has 0 aliphatic rings. The van der Waals surface area contributed by atoms with Crippen molar-refractivity contribution in [2.45, 2.75) is 5.16 Å². The van der Waals surface area contributed by atoms with Crippen LogP contribution in [0.1, 0.15) is 5.56 Å². The third-order valence-corrected chi connectivity index (χ3v) is 5.70. The first-order valence-electron chi connectivity index (χ1n) is 5.21. The van der Waals surface area contributed by atoms with Crippen LogP contribution in [0.4, 0.5) is 0 Å². The molecule has 8 heteroatoms. The quantitative estimate of drug-likeness (QED) is 0.304. The van der Waals surface area contributed by atoms with Crippen molar-refractivity contribution in [3.05, 3.63) is 41.1 Å². The summed E-state index contributed by atoms with van der Waals surface area (Å²) in [4.78, 5) is 18.8. The van der Waals surface area contributed by atoms with Gasteiger partial charge in [-0.25, -0.2) is 4.98 Å². The van der Waals surface area contributed by atoms with Crippen LogP contribution in [0.15, 0.2) is 26.6 Å². The van der Waals surface area contributed by atoms with Crippen molar-refractivity contribution in [2.24, 2.45) is 0 Å². The summed E-state index contributed by atoms with van der Waals surface area (Å²) in [6.45, 7) is 0. The third-order valence-electron chi connectivity index (χ3n) is 2.45.